The van der Waals surface area contributed by atoms with E-state index in [9.17, 15) is 9.59 Å². The summed E-state index contributed by atoms with van der Waals surface area (Å²) in [7, 11) is 0. The number of benzene rings is 2. The zero-order chi connectivity index (χ0) is 15.2. The molecule has 108 valence electrons. The molecule has 21 heavy (non-hydrogen) atoms. The summed E-state index contributed by atoms with van der Waals surface area (Å²) in [4.78, 5) is 22.8. The predicted molar refractivity (Wildman–Crippen MR) is 76.4 cm³/mol. The van der Waals surface area contributed by atoms with Crippen LogP contribution in [0.4, 0.5) is 0 Å². The molecule has 5 nitrogen and oxygen atoms in total. The molecule has 0 unspecified atom stereocenters. The number of primary amides is 1. The molecule has 0 aromatic heterocycles. The van der Waals surface area contributed by atoms with Gasteiger partial charge in [-0.1, -0.05) is 24.3 Å². The smallest absolute Gasteiger partial charge is 0.338 e. The molecule has 0 bridgehead atoms. The van der Waals surface area contributed by atoms with Crippen molar-refractivity contribution >= 4 is 11.9 Å². The Morgan fingerprint density at radius 2 is 1.43 bits per heavy atom. The number of carbonyl (C=O) groups excluding carboxylic acids is 2. The molecule has 0 radical (unpaired) electrons. The molecule has 2 rings (SSSR count). The van der Waals surface area contributed by atoms with Crippen molar-refractivity contribution in [2.75, 3.05) is 0 Å². The van der Waals surface area contributed by atoms with E-state index in [4.69, 9.17) is 15.6 Å². The van der Waals surface area contributed by atoms with Crippen molar-refractivity contribution in [3.05, 3.63) is 70.8 Å². The zero-order valence-electron chi connectivity index (χ0n) is 11.3. The van der Waals surface area contributed by atoms with Crippen LogP contribution in [0.3, 0.4) is 0 Å². The highest BCUT2D eigenvalue weighted by atomic mass is 16.5. The summed E-state index contributed by atoms with van der Waals surface area (Å²) in [5, 5.41) is 8.93. The van der Waals surface area contributed by atoms with Gasteiger partial charge < -0.3 is 15.6 Å². The lowest BCUT2D eigenvalue weighted by Gasteiger charge is -2.06. The Hall–Kier alpha value is -2.66. The maximum absolute atomic E-state index is 11.8. The SMILES string of the molecule is NC(=O)c1ccc(COC(=O)c2ccc(CO)cc2)cc1. The molecule has 3 N–H and O–H groups in total. The number of hydrogen-bond acceptors (Lipinski definition) is 4. The van der Waals surface area contributed by atoms with Gasteiger partial charge in [-0.3, -0.25) is 4.79 Å². The van der Waals surface area contributed by atoms with Gasteiger partial charge in [0.05, 0.1) is 12.2 Å². The van der Waals surface area contributed by atoms with E-state index >= 15 is 0 Å². The molecule has 0 spiro atoms. The second kappa shape index (κ2) is 6.67. The highest BCUT2D eigenvalue weighted by molar-refractivity contribution is 5.92. The maximum Gasteiger partial charge on any atom is 0.338 e. The number of nitrogens with two attached hydrogens (primary N) is 1. The van der Waals surface area contributed by atoms with Crippen LogP contribution in [0.25, 0.3) is 0 Å². The first-order chi connectivity index (χ1) is 10.1. The lowest BCUT2D eigenvalue weighted by Crippen LogP contribution is -2.11. The summed E-state index contributed by atoms with van der Waals surface area (Å²) in [6.07, 6.45) is 0. The van der Waals surface area contributed by atoms with Crippen LogP contribution in [0.5, 0.6) is 0 Å². The van der Waals surface area contributed by atoms with Crippen LogP contribution in [0.15, 0.2) is 48.5 Å². The van der Waals surface area contributed by atoms with Gasteiger partial charge in [0.15, 0.2) is 0 Å². The van der Waals surface area contributed by atoms with Crippen molar-refractivity contribution in [3.8, 4) is 0 Å². The molecule has 0 saturated carbocycles. The first-order valence-electron chi connectivity index (χ1n) is 6.36. The minimum absolute atomic E-state index is 0.0679. The average Bonchev–Trinajstić information content (AvgIpc) is 2.53. The van der Waals surface area contributed by atoms with Gasteiger partial charge in [0.1, 0.15) is 6.61 Å². The van der Waals surface area contributed by atoms with E-state index in [2.05, 4.69) is 0 Å². The normalized spacial score (nSPS) is 10.1. The van der Waals surface area contributed by atoms with Crippen LogP contribution in [0.1, 0.15) is 31.8 Å². The van der Waals surface area contributed by atoms with Crippen molar-refractivity contribution < 1.29 is 19.4 Å². The van der Waals surface area contributed by atoms with E-state index in [1.807, 2.05) is 0 Å². The van der Waals surface area contributed by atoms with Gasteiger partial charge in [-0.25, -0.2) is 4.79 Å². The minimum Gasteiger partial charge on any atom is -0.457 e. The summed E-state index contributed by atoms with van der Waals surface area (Å²) in [5.41, 5.74) is 7.46. The fraction of sp³-hybridized carbons (Fsp3) is 0.125. The van der Waals surface area contributed by atoms with E-state index in [-0.39, 0.29) is 13.2 Å². The van der Waals surface area contributed by atoms with Crippen molar-refractivity contribution in [2.45, 2.75) is 13.2 Å². The Labute approximate surface area is 122 Å². The summed E-state index contributed by atoms with van der Waals surface area (Å²) in [6.45, 7) is 0.0428. The first kappa shape index (κ1) is 14.7. The quantitative estimate of drug-likeness (QED) is 0.817. The topological polar surface area (TPSA) is 89.6 Å². The Morgan fingerprint density at radius 3 is 1.95 bits per heavy atom. The van der Waals surface area contributed by atoms with Crippen LogP contribution in [-0.2, 0) is 18.0 Å². The van der Waals surface area contributed by atoms with Crippen molar-refractivity contribution in [1.29, 1.82) is 0 Å². The molecule has 0 saturated heterocycles. The summed E-state index contributed by atoms with van der Waals surface area (Å²) in [5.74, 6) is -0.944. The molecule has 0 aliphatic heterocycles. The maximum atomic E-state index is 11.8. The average molecular weight is 285 g/mol. The molecule has 1 amide bonds. The molecule has 0 heterocycles. The van der Waals surface area contributed by atoms with Gasteiger partial charge in [-0.2, -0.15) is 0 Å². The zero-order valence-corrected chi connectivity index (χ0v) is 11.3. The molecule has 0 aliphatic rings. The second-order valence-corrected chi connectivity index (χ2v) is 4.49. The lowest BCUT2D eigenvalue weighted by molar-refractivity contribution is 0.0472. The molecule has 0 aliphatic carbocycles. The lowest BCUT2D eigenvalue weighted by atomic mass is 10.1. The van der Waals surface area contributed by atoms with E-state index < -0.39 is 11.9 Å². The summed E-state index contributed by atoms with van der Waals surface area (Å²) < 4.78 is 5.17. The van der Waals surface area contributed by atoms with Crippen LogP contribution >= 0.6 is 0 Å². The number of carbonyl (C=O) groups is 2. The van der Waals surface area contributed by atoms with Crippen LogP contribution < -0.4 is 5.73 Å². The third-order valence-electron chi connectivity index (χ3n) is 2.98. The van der Waals surface area contributed by atoms with Crippen LogP contribution in [0, 0.1) is 0 Å². The van der Waals surface area contributed by atoms with E-state index in [1.165, 1.54) is 0 Å². The van der Waals surface area contributed by atoms with Gasteiger partial charge in [0.25, 0.3) is 0 Å². The monoisotopic (exact) mass is 285 g/mol. The molecule has 2 aromatic rings. The third-order valence-corrected chi connectivity index (χ3v) is 2.98. The largest absolute Gasteiger partial charge is 0.457 e. The predicted octanol–water partition coefficient (Wildman–Crippen LogP) is 1.63. The van der Waals surface area contributed by atoms with E-state index in [0.29, 0.717) is 11.1 Å². The molecule has 5 heteroatoms. The van der Waals surface area contributed by atoms with Gasteiger partial charge in [-0.05, 0) is 35.4 Å². The number of esters is 1. The molecule has 0 atom stereocenters. The summed E-state index contributed by atoms with van der Waals surface area (Å²) in [6, 6.07) is 13.1. The standard InChI is InChI=1S/C16H15NO4/c17-15(19)13-5-3-12(4-6-13)10-21-16(20)14-7-1-11(9-18)2-8-14/h1-8,18H,9-10H2,(H2,17,19). The van der Waals surface area contributed by atoms with Gasteiger partial charge >= 0.3 is 5.97 Å². The van der Waals surface area contributed by atoms with Crippen LogP contribution in [0.2, 0.25) is 0 Å². The van der Waals surface area contributed by atoms with Crippen molar-refractivity contribution in [1.82, 2.24) is 0 Å². The van der Waals surface area contributed by atoms with Gasteiger partial charge in [0, 0.05) is 5.56 Å². The Kier molecular flexibility index (Phi) is 4.68. The molecule has 2 aromatic carbocycles. The second-order valence-electron chi connectivity index (χ2n) is 4.49. The Morgan fingerprint density at radius 1 is 0.905 bits per heavy atom. The van der Waals surface area contributed by atoms with Crippen molar-refractivity contribution in [2.24, 2.45) is 5.73 Å². The molecular weight excluding hydrogens is 270 g/mol. The van der Waals surface area contributed by atoms with Gasteiger partial charge in [-0.15, -0.1) is 0 Å². The number of ether oxygens (including phenoxy) is 1. The number of aliphatic hydroxyl groups excluding tert-OH is 1. The highest BCUT2D eigenvalue weighted by Gasteiger charge is 2.07. The van der Waals surface area contributed by atoms with Gasteiger partial charge in [0.2, 0.25) is 5.91 Å². The minimum atomic E-state index is -0.498. The molecular formula is C16H15NO4. The Bertz CT molecular complexity index is 632. The first-order valence-corrected chi connectivity index (χ1v) is 6.36. The van der Waals surface area contributed by atoms with E-state index in [1.54, 1.807) is 48.5 Å². The number of amides is 1. The Balaban J connectivity index is 1.95. The fourth-order valence-corrected chi connectivity index (χ4v) is 1.74. The van der Waals surface area contributed by atoms with Crippen LogP contribution in [-0.4, -0.2) is 17.0 Å². The van der Waals surface area contributed by atoms with E-state index in [0.717, 1.165) is 11.1 Å². The number of aliphatic hydroxyl groups is 1. The molecule has 0 fully saturated rings. The third kappa shape index (κ3) is 3.90. The number of rotatable bonds is 5. The summed E-state index contributed by atoms with van der Waals surface area (Å²) >= 11 is 0. The van der Waals surface area contributed by atoms with Crippen molar-refractivity contribution in [3.63, 3.8) is 0 Å². The highest BCUT2D eigenvalue weighted by Crippen LogP contribution is 2.09. The fourth-order valence-electron chi connectivity index (χ4n) is 1.74. The number of hydrogen-bond donors (Lipinski definition) is 2.